The average molecular weight is 237 g/mol. The number of carbonyl (C=O) groups is 1. The van der Waals surface area contributed by atoms with Gasteiger partial charge >= 0.3 is 0 Å². The summed E-state index contributed by atoms with van der Waals surface area (Å²) < 4.78 is 5.08. The summed E-state index contributed by atoms with van der Waals surface area (Å²) in [6.45, 7) is 3.75. The number of amides is 1. The number of hydrogen-bond donors (Lipinski definition) is 3. The Balaban J connectivity index is 2.01. The van der Waals surface area contributed by atoms with Crippen LogP contribution in [-0.2, 0) is 4.74 Å². The van der Waals surface area contributed by atoms with E-state index in [1.807, 2.05) is 6.92 Å². The van der Waals surface area contributed by atoms with Crippen molar-refractivity contribution in [2.75, 3.05) is 19.8 Å². The highest BCUT2D eigenvalue weighted by molar-refractivity contribution is 5.97. The summed E-state index contributed by atoms with van der Waals surface area (Å²) in [5, 5.41) is 21.5. The molecule has 1 aliphatic rings. The first-order chi connectivity index (χ1) is 8.00. The second kappa shape index (κ2) is 4.25. The molecule has 92 valence electrons. The molecule has 0 bridgehead atoms. The van der Waals surface area contributed by atoms with E-state index in [1.165, 1.54) is 18.2 Å². The van der Waals surface area contributed by atoms with Gasteiger partial charge in [-0.3, -0.25) is 4.79 Å². The van der Waals surface area contributed by atoms with Crippen molar-refractivity contribution in [3.63, 3.8) is 0 Å². The summed E-state index contributed by atoms with van der Waals surface area (Å²) in [5.74, 6) is -0.590. The number of carbonyl (C=O) groups excluding carboxylic acids is 1. The molecule has 0 aliphatic carbocycles. The van der Waals surface area contributed by atoms with E-state index < -0.39 is 5.91 Å². The number of hydrogen-bond acceptors (Lipinski definition) is 4. The van der Waals surface area contributed by atoms with Crippen LogP contribution in [0.2, 0.25) is 0 Å². The lowest BCUT2D eigenvalue weighted by Crippen LogP contribution is -2.48. The molecule has 0 atom stereocenters. The van der Waals surface area contributed by atoms with Crippen LogP contribution in [0.1, 0.15) is 17.3 Å². The van der Waals surface area contributed by atoms with E-state index in [4.69, 9.17) is 4.74 Å². The van der Waals surface area contributed by atoms with Gasteiger partial charge in [0.2, 0.25) is 0 Å². The van der Waals surface area contributed by atoms with E-state index in [9.17, 15) is 15.0 Å². The van der Waals surface area contributed by atoms with Crippen LogP contribution in [0.25, 0.3) is 0 Å². The van der Waals surface area contributed by atoms with Crippen molar-refractivity contribution in [1.29, 1.82) is 0 Å². The minimum Gasteiger partial charge on any atom is -0.508 e. The average Bonchev–Trinajstić information content (AvgIpc) is 2.26. The summed E-state index contributed by atoms with van der Waals surface area (Å²) in [5.41, 5.74) is 0.0519. The minimum atomic E-state index is -0.397. The summed E-state index contributed by atoms with van der Waals surface area (Å²) >= 11 is 0. The molecular formula is C12H15NO4. The quantitative estimate of drug-likeness (QED) is 0.681. The number of rotatable bonds is 3. The molecule has 5 heteroatoms. The van der Waals surface area contributed by atoms with E-state index in [0.29, 0.717) is 19.8 Å². The number of phenols is 2. The Morgan fingerprint density at radius 1 is 1.47 bits per heavy atom. The molecule has 17 heavy (non-hydrogen) atoms. The summed E-state index contributed by atoms with van der Waals surface area (Å²) in [6, 6.07) is 3.86. The second-order valence-electron chi connectivity index (χ2n) is 4.69. The van der Waals surface area contributed by atoms with Crippen LogP contribution >= 0.6 is 0 Å². The number of ether oxygens (including phenoxy) is 1. The molecule has 0 unspecified atom stereocenters. The van der Waals surface area contributed by atoms with E-state index in [2.05, 4.69) is 5.32 Å². The Morgan fingerprint density at radius 2 is 2.18 bits per heavy atom. The van der Waals surface area contributed by atoms with E-state index in [0.717, 1.165) is 0 Å². The highest BCUT2D eigenvalue weighted by Crippen LogP contribution is 2.26. The Morgan fingerprint density at radius 3 is 2.76 bits per heavy atom. The van der Waals surface area contributed by atoms with Crippen LogP contribution in [0.3, 0.4) is 0 Å². The van der Waals surface area contributed by atoms with Gasteiger partial charge in [0.1, 0.15) is 11.5 Å². The Kier molecular flexibility index (Phi) is 2.93. The second-order valence-corrected chi connectivity index (χ2v) is 4.69. The molecule has 2 rings (SSSR count). The van der Waals surface area contributed by atoms with Gasteiger partial charge in [0.15, 0.2) is 0 Å². The van der Waals surface area contributed by atoms with Gasteiger partial charge in [0.05, 0.1) is 18.8 Å². The smallest absolute Gasteiger partial charge is 0.255 e. The highest BCUT2D eigenvalue weighted by Gasteiger charge is 2.33. The zero-order chi connectivity index (χ0) is 12.5. The molecule has 1 fully saturated rings. The molecule has 0 radical (unpaired) electrons. The molecule has 1 aromatic carbocycles. The molecule has 5 nitrogen and oxygen atoms in total. The maximum atomic E-state index is 11.8. The summed E-state index contributed by atoms with van der Waals surface area (Å²) in [4.78, 5) is 11.8. The van der Waals surface area contributed by atoms with Crippen LogP contribution in [0.5, 0.6) is 11.5 Å². The first-order valence-electron chi connectivity index (χ1n) is 5.38. The van der Waals surface area contributed by atoms with Gasteiger partial charge in [-0.05, 0) is 18.2 Å². The number of phenolic OH excluding ortho intramolecular Hbond substituents is 2. The van der Waals surface area contributed by atoms with Crippen molar-refractivity contribution in [2.24, 2.45) is 5.41 Å². The predicted molar refractivity (Wildman–Crippen MR) is 61.0 cm³/mol. The van der Waals surface area contributed by atoms with Gasteiger partial charge in [-0.2, -0.15) is 0 Å². The zero-order valence-corrected chi connectivity index (χ0v) is 9.56. The maximum absolute atomic E-state index is 11.8. The third kappa shape index (κ3) is 2.50. The molecule has 1 aliphatic heterocycles. The lowest BCUT2D eigenvalue weighted by Gasteiger charge is -2.38. The number of aromatic hydroxyl groups is 2. The lowest BCUT2D eigenvalue weighted by atomic mass is 9.88. The standard InChI is InChI=1S/C12H15NO4/c1-12(6-17-7-12)5-13-11(16)9-4-8(14)2-3-10(9)15/h2-4,14-15H,5-7H2,1H3,(H,13,16). The molecule has 1 heterocycles. The fraction of sp³-hybridized carbons (Fsp3) is 0.417. The van der Waals surface area contributed by atoms with Gasteiger partial charge in [-0.1, -0.05) is 6.92 Å². The molecule has 1 saturated heterocycles. The molecule has 0 spiro atoms. The van der Waals surface area contributed by atoms with Crippen molar-refractivity contribution in [3.05, 3.63) is 23.8 Å². The molecular weight excluding hydrogens is 222 g/mol. The fourth-order valence-electron chi connectivity index (χ4n) is 1.65. The van der Waals surface area contributed by atoms with Crippen molar-refractivity contribution >= 4 is 5.91 Å². The predicted octanol–water partition coefficient (Wildman–Crippen LogP) is 0.864. The number of nitrogens with one attached hydrogen (secondary N) is 1. The zero-order valence-electron chi connectivity index (χ0n) is 9.56. The van der Waals surface area contributed by atoms with Crippen LogP contribution in [0.4, 0.5) is 0 Å². The van der Waals surface area contributed by atoms with Crippen molar-refractivity contribution in [2.45, 2.75) is 6.92 Å². The highest BCUT2D eigenvalue weighted by atomic mass is 16.5. The third-order valence-corrected chi connectivity index (χ3v) is 2.80. The van der Waals surface area contributed by atoms with Gasteiger partial charge in [0.25, 0.3) is 5.91 Å². The van der Waals surface area contributed by atoms with Crippen LogP contribution < -0.4 is 5.32 Å². The first-order valence-corrected chi connectivity index (χ1v) is 5.38. The van der Waals surface area contributed by atoms with Crippen molar-refractivity contribution in [1.82, 2.24) is 5.32 Å². The van der Waals surface area contributed by atoms with Crippen molar-refractivity contribution in [3.8, 4) is 11.5 Å². The Hall–Kier alpha value is -1.75. The summed E-state index contributed by atoms with van der Waals surface area (Å²) in [7, 11) is 0. The van der Waals surface area contributed by atoms with E-state index in [1.54, 1.807) is 0 Å². The lowest BCUT2D eigenvalue weighted by molar-refractivity contribution is -0.0978. The topological polar surface area (TPSA) is 78.8 Å². The van der Waals surface area contributed by atoms with Crippen molar-refractivity contribution < 1.29 is 19.7 Å². The summed E-state index contributed by atoms with van der Waals surface area (Å²) in [6.07, 6.45) is 0. The molecule has 0 saturated carbocycles. The van der Waals surface area contributed by atoms with Gasteiger partial charge in [-0.25, -0.2) is 0 Å². The maximum Gasteiger partial charge on any atom is 0.255 e. The monoisotopic (exact) mass is 237 g/mol. The van der Waals surface area contributed by atoms with Crippen LogP contribution in [-0.4, -0.2) is 35.9 Å². The Labute approximate surface area is 99.0 Å². The first kappa shape index (κ1) is 11.7. The van der Waals surface area contributed by atoms with Crippen LogP contribution in [0, 0.1) is 5.41 Å². The molecule has 1 aromatic rings. The fourth-order valence-corrected chi connectivity index (χ4v) is 1.65. The SMILES string of the molecule is CC1(CNC(=O)c2cc(O)ccc2O)COC1. The van der Waals surface area contributed by atoms with E-state index in [-0.39, 0.29) is 22.5 Å². The molecule has 1 amide bonds. The minimum absolute atomic E-state index is 0.0257. The number of benzene rings is 1. The largest absolute Gasteiger partial charge is 0.508 e. The third-order valence-electron chi connectivity index (χ3n) is 2.80. The Bertz CT molecular complexity index is 440. The molecule has 0 aromatic heterocycles. The van der Waals surface area contributed by atoms with Gasteiger partial charge < -0.3 is 20.3 Å². The molecule has 3 N–H and O–H groups in total. The van der Waals surface area contributed by atoms with Gasteiger partial charge in [-0.15, -0.1) is 0 Å². The van der Waals surface area contributed by atoms with Crippen LogP contribution in [0.15, 0.2) is 18.2 Å². The van der Waals surface area contributed by atoms with Gasteiger partial charge in [0, 0.05) is 12.0 Å². The normalized spacial score (nSPS) is 17.2. The van der Waals surface area contributed by atoms with E-state index >= 15 is 0 Å².